The van der Waals surface area contributed by atoms with Crippen molar-refractivity contribution in [2.75, 3.05) is 32.7 Å². The van der Waals surface area contributed by atoms with E-state index in [0.29, 0.717) is 19.1 Å². The van der Waals surface area contributed by atoms with Gasteiger partial charge in [0.2, 0.25) is 0 Å². The van der Waals surface area contributed by atoms with Gasteiger partial charge in [-0.15, -0.1) is 0 Å². The van der Waals surface area contributed by atoms with Crippen LogP contribution in [-0.4, -0.2) is 37.3 Å². The van der Waals surface area contributed by atoms with Crippen molar-refractivity contribution in [3.8, 4) is 0 Å². The number of hydrogen-bond acceptors (Lipinski definition) is 5. The Hall–Kier alpha value is -1.20. The van der Waals surface area contributed by atoms with Gasteiger partial charge >= 0.3 is 0 Å². The van der Waals surface area contributed by atoms with E-state index in [9.17, 15) is 0 Å². The fourth-order valence-electron chi connectivity index (χ4n) is 2.57. The molecule has 0 atom stereocenters. The van der Waals surface area contributed by atoms with Crippen LogP contribution in [0.5, 0.6) is 0 Å². The molecule has 112 valence electrons. The molecule has 0 aliphatic carbocycles. The number of nitrogens with one attached hydrogen (secondary N) is 1. The molecule has 0 radical (unpaired) electrons. The minimum absolute atomic E-state index is 0.406. The number of rotatable bonds is 5. The smallest absolute Gasteiger partial charge is 0.163 e. The SMILES string of the molecule is CNc1cc(CC(C)C)nc(C2(OC)CCOCC2)n1. The molecule has 0 aromatic carbocycles. The molecular formula is C15H25N3O2. The Morgan fingerprint density at radius 1 is 1.35 bits per heavy atom. The lowest BCUT2D eigenvalue weighted by molar-refractivity contribution is -0.1000. The lowest BCUT2D eigenvalue weighted by atomic mass is 9.92. The van der Waals surface area contributed by atoms with Crippen LogP contribution in [0.4, 0.5) is 5.82 Å². The first-order valence-corrected chi connectivity index (χ1v) is 7.29. The Labute approximate surface area is 121 Å². The second-order valence-electron chi connectivity index (χ2n) is 5.73. The quantitative estimate of drug-likeness (QED) is 0.896. The highest BCUT2D eigenvalue weighted by Crippen LogP contribution is 2.34. The number of ether oxygens (including phenoxy) is 2. The fraction of sp³-hybridized carbons (Fsp3) is 0.733. The number of hydrogen-bond donors (Lipinski definition) is 1. The maximum absolute atomic E-state index is 5.79. The summed E-state index contributed by atoms with van der Waals surface area (Å²) in [5.74, 6) is 2.20. The summed E-state index contributed by atoms with van der Waals surface area (Å²) >= 11 is 0. The molecule has 0 bridgehead atoms. The molecule has 0 amide bonds. The Morgan fingerprint density at radius 2 is 2.05 bits per heavy atom. The first kappa shape index (κ1) is 15.2. The van der Waals surface area contributed by atoms with Crippen LogP contribution in [0.25, 0.3) is 0 Å². The van der Waals surface area contributed by atoms with E-state index < -0.39 is 5.60 Å². The summed E-state index contributed by atoms with van der Waals surface area (Å²) in [6, 6.07) is 2.02. The summed E-state index contributed by atoms with van der Waals surface area (Å²) in [5.41, 5.74) is 0.661. The third kappa shape index (κ3) is 3.27. The molecule has 2 heterocycles. The van der Waals surface area contributed by atoms with Crippen molar-refractivity contribution < 1.29 is 9.47 Å². The molecule has 5 nitrogen and oxygen atoms in total. The summed E-state index contributed by atoms with van der Waals surface area (Å²) in [4.78, 5) is 9.38. The normalized spacial score (nSPS) is 18.2. The predicted molar refractivity (Wildman–Crippen MR) is 78.9 cm³/mol. The molecule has 1 aliphatic rings. The monoisotopic (exact) mass is 279 g/mol. The van der Waals surface area contributed by atoms with E-state index in [2.05, 4.69) is 24.1 Å². The molecule has 5 heteroatoms. The molecule has 1 aliphatic heterocycles. The maximum atomic E-state index is 5.79. The molecular weight excluding hydrogens is 254 g/mol. The molecule has 0 saturated carbocycles. The van der Waals surface area contributed by atoms with E-state index in [1.54, 1.807) is 7.11 Å². The molecule has 0 spiro atoms. The van der Waals surface area contributed by atoms with E-state index in [1.807, 2.05) is 13.1 Å². The highest BCUT2D eigenvalue weighted by Gasteiger charge is 2.37. The minimum atomic E-state index is -0.406. The van der Waals surface area contributed by atoms with Crippen LogP contribution < -0.4 is 5.32 Å². The van der Waals surface area contributed by atoms with Gasteiger partial charge in [-0.2, -0.15) is 0 Å². The van der Waals surface area contributed by atoms with E-state index >= 15 is 0 Å². The Kier molecular flexibility index (Phi) is 4.94. The second-order valence-corrected chi connectivity index (χ2v) is 5.73. The van der Waals surface area contributed by atoms with Gasteiger partial charge in [-0.05, 0) is 12.3 Å². The molecule has 0 unspecified atom stereocenters. The van der Waals surface area contributed by atoms with Crippen LogP contribution in [0.1, 0.15) is 38.2 Å². The van der Waals surface area contributed by atoms with Gasteiger partial charge in [-0.3, -0.25) is 0 Å². The molecule has 1 aromatic rings. The minimum Gasteiger partial charge on any atom is -0.381 e. The summed E-state index contributed by atoms with van der Waals surface area (Å²) in [7, 11) is 3.62. The Balaban J connectivity index is 2.37. The Morgan fingerprint density at radius 3 is 2.60 bits per heavy atom. The summed E-state index contributed by atoms with van der Waals surface area (Å²) in [6.45, 7) is 5.78. The lowest BCUT2D eigenvalue weighted by Crippen LogP contribution is -2.37. The fourth-order valence-corrected chi connectivity index (χ4v) is 2.57. The van der Waals surface area contributed by atoms with Gasteiger partial charge in [0.05, 0.1) is 0 Å². The average molecular weight is 279 g/mol. The molecule has 20 heavy (non-hydrogen) atoms. The molecule has 1 aromatic heterocycles. The number of nitrogens with zero attached hydrogens (tertiary/aromatic N) is 2. The van der Waals surface area contributed by atoms with Gasteiger partial charge in [0.1, 0.15) is 11.4 Å². The first-order chi connectivity index (χ1) is 9.59. The molecule has 2 rings (SSSR count). The van der Waals surface area contributed by atoms with Crippen molar-refractivity contribution in [1.29, 1.82) is 0 Å². The number of methoxy groups -OCH3 is 1. The predicted octanol–water partition coefficient (Wildman–Crippen LogP) is 2.37. The lowest BCUT2D eigenvalue weighted by Gasteiger charge is -2.34. The zero-order chi connectivity index (χ0) is 14.6. The van der Waals surface area contributed by atoms with Gasteiger partial charge in [0.15, 0.2) is 5.82 Å². The van der Waals surface area contributed by atoms with Crippen molar-refractivity contribution in [3.63, 3.8) is 0 Å². The summed E-state index contributed by atoms with van der Waals surface area (Å²) in [6.07, 6.45) is 2.55. The van der Waals surface area contributed by atoms with E-state index in [1.165, 1.54) is 0 Å². The maximum Gasteiger partial charge on any atom is 0.163 e. The topological polar surface area (TPSA) is 56.3 Å². The van der Waals surface area contributed by atoms with Crippen LogP contribution in [0.3, 0.4) is 0 Å². The van der Waals surface area contributed by atoms with Crippen molar-refractivity contribution in [2.45, 2.75) is 38.7 Å². The van der Waals surface area contributed by atoms with E-state index in [0.717, 1.165) is 36.6 Å². The van der Waals surface area contributed by atoms with Gasteiger partial charge < -0.3 is 14.8 Å². The van der Waals surface area contributed by atoms with Crippen LogP contribution >= 0.6 is 0 Å². The van der Waals surface area contributed by atoms with Crippen molar-refractivity contribution >= 4 is 5.82 Å². The average Bonchev–Trinajstić information content (AvgIpc) is 2.46. The van der Waals surface area contributed by atoms with Crippen LogP contribution in [0.15, 0.2) is 6.07 Å². The van der Waals surface area contributed by atoms with Gasteiger partial charge in [0.25, 0.3) is 0 Å². The zero-order valence-corrected chi connectivity index (χ0v) is 12.9. The third-order valence-corrected chi connectivity index (χ3v) is 3.75. The van der Waals surface area contributed by atoms with Crippen LogP contribution in [-0.2, 0) is 21.5 Å². The largest absolute Gasteiger partial charge is 0.381 e. The van der Waals surface area contributed by atoms with Crippen molar-refractivity contribution in [2.24, 2.45) is 5.92 Å². The summed E-state index contributed by atoms with van der Waals surface area (Å²) < 4.78 is 11.2. The number of aromatic nitrogens is 2. The van der Waals surface area contributed by atoms with E-state index in [4.69, 9.17) is 14.5 Å². The van der Waals surface area contributed by atoms with Gasteiger partial charge in [-0.1, -0.05) is 13.8 Å². The first-order valence-electron chi connectivity index (χ1n) is 7.29. The van der Waals surface area contributed by atoms with Gasteiger partial charge in [-0.25, -0.2) is 9.97 Å². The standard InChI is InChI=1S/C15H25N3O2/c1-11(2)9-12-10-13(16-3)18-14(17-12)15(19-4)5-7-20-8-6-15/h10-11H,5-9H2,1-4H3,(H,16,17,18). The van der Waals surface area contributed by atoms with Crippen molar-refractivity contribution in [3.05, 3.63) is 17.6 Å². The molecule has 1 fully saturated rings. The van der Waals surface area contributed by atoms with Crippen LogP contribution in [0, 0.1) is 5.92 Å². The highest BCUT2D eigenvalue weighted by atomic mass is 16.5. The molecule has 1 N–H and O–H groups in total. The zero-order valence-electron chi connectivity index (χ0n) is 12.9. The third-order valence-electron chi connectivity index (χ3n) is 3.75. The highest BCUT2D eigenvalue weighted by molar-refractivity contribution is 5.36. The van der Waals surface area contributed by atoms with E-state index in [-0.39, 0.29) is 0 Å². The van der Waals surface area contributed by atoms with Crippen molar-refractivity contribution in [1.82, 2.24) is 9.97 Å². The summed E-state index contributed by atoms with van der Waals surface area (Å²) in [5, 5.41) is 3.12. The Bertz CT molecular complexity index is 443. The second kappa shape index (κ2) is 6.50. The van der Waals surface area contributed by atoms with Crippen LogP contribution in [0.2, 0.25) is 0 Å². The van der Waals surface area contributed by atoms with Gasteiger partial charge in [0, 0.05) is 52.0 Å². The molecule has 1 saturated heterocycles. The number of anilines is 1.